The Balaban J connectivity index is 2.21. The fourth-order valence-electron chi connectivity index (χ4n) is 1.67. The van der Waals surface area contributed by atoms with Crippen molar-refractivity contribution in [3.05, 3.63) is 65.0 Å². The van der Waals surface area contributed by atoms with Crippen LogP contribution in [0.2, 0.25) is 0 Å². The van der Waals surface area contributed by atoms with E-state index in [1.54, 1.807) is 37.3 Å². The highest BCUT2D eigenvalue weighted by Crippen LogP contribution is 2.14. The molecule has 2 rings (SSSR count). The van der Waals surface area contributed by atoms with Gasteiger partial charge in [0.2, 0.25) is 0 Å². The van der Waals surface area contributed by atoms with Gasteiger partial charge in [0.05, 0.1) is 11.6 Å². The van der Waals surface area contributed by atoms with Crippen molar-refractivity contribution in [1.29, 1.82) is 5.26 Å². The number of hydrogen-bond acceptors (Lipinski definition) is 2. The quantitative estimate of drug-likeness (QED) is 0.894. The summed E-state index contributed by atoms with van der Waals surface area (Å²) < 4.78 is 13.1. The molecule has 0 saturated heterocycles. The molecule has 0 atom stereocenters. The number of amides is 1. The van der Waals surface area contributed by atoms with Crippen LogP contribution in [0.1, 0.15) is 21.5 Å². The SMILES string of the molecule is Cc1ccc(F)cc1C(=O)Nc1ccc(C#N)cc1. The van der Waals surface area contributed by atoms with Gasteiger partial charge in [0.1, 0.15) is 5.82 Å². The van der Waals surface area contributed by atoms with Gasteiger partial charge in [-0.1, -0.05) is 6.07 Å². The average Bonchev–Trinajstić information content (AvgIpc) is 2.42. The topological polar surface area (TPSA) is 52.9 Å². The smallest absolute Gasteiger partial charge is 0.256 e. The van der Waals surface area contributed by atoms with E-state index in [9.17, 15) is 9.18 Å². The van der Waals surface area contributed by atoms with Crippen molar-refractivity contribution < 1.29 is 9.18 Å². The number of rotatable bonds is 2. The lowest BCUT2D eigenvalue weighted by atomic mass is 10.1. The maximum atomic E-state index is 13.1. The molecule has 0 unspecified atom stereocenters. The summed E-state index contributed by atoms with van der Waals surface area (Å²) in [6, 6.07) is 12.5. The third kappa shape index (κ3) is 2.96. The van der Waals surface area contributed by atoms with Crippen molar-refractivity contribution in [1.82, 2.24) is 0 Å². The number of carbonyl (C=O) groups excluding carboxylic acids is 1. The monoisotopic (exact) mass is 254 g/mol. The van der Waals surface area contributed by atoms with Crippen molar-refractivity contribution in [3.8, 4) is 6.07 Å². The molecule has 0 aliphatic heterocycles. The average molecular weight is 254 g/mol. The van der Waals surface area contributed by atoms with Crippen molar-refractivity contribution >= 4 is 11.6 Å². The van der Waals surface area contributed by atoms with Crippen LogP contribution in [-0.2, 0) is 0 Å². The molecule has 0 saturated carbocycles. The molecule has 94 valence electrons. The molecule has 1 N–H and O–H groups in total. The molecule has 0 aliphatic rings. The van der Waals surface area contributed by atoms with E-state index in [1.165, 1.54) is 12.1 Å². The maximum Gasteiger partial charge on any atom is 0.256 e. The minimum Gasteiger partial charge on any atom is -0.322 e. The molecule has 0 spiro atoms. The van der Waals surface area contributed by atoms with Crippen LogP contribution in [0.15, 0.2) is 42.5 Å². The van der Waals surface area contributed by atoms with E-state index in [1.807, 2.05) is 6.07 Å². The van der Waals surface area contributed by atoms with Crippen molar-refractivity contribution in [3.63, 3.8) is 0 Å². The molecule has 0 radical (unpaired) electrons. The highest BCUT2D eigenvalue weighted by molar-refractivity contribution is 6.05. The Kier molecular flexibility index (Phi) is 3.58. The van der Waals surface area contributed by atoms with Crippen LogP contribution in [0.5, 0.6) is 0 Å². The second-order valence-electron chi connectivity index (χ2n) is 4.10. The third-order valence-corrected chi connectivity index (χ3v) is 2.72. The van der Waals surface area contributed by atoms with E-state index < -0.39 is 5.82 Å². The van der Waals surface area contributed by atoms with Crippen LogP contribution in [0, 0.1) is 24.1 Å². The van der Waals surface area contributed by atoms with E-state index in [0.717, 1.165) is 0 Å². The lowest BCUT2D eigenvalue weighted by molar-refractivity contribution is 0.102. The van der Waals surface area contributed by atoms with Gasteiger partial charge in [0.15, 0.2) is 0 Å². The lowest BCUT2D eigenvalue weighted by Crippen LogP contribution is -2.13. The zero-order valence-electron chi connectivity index (χ0n) is 10.3. The fourth-order valence-corrected chi connectivity index (χ4v) is 1.67. The van der Waals surface area contributed by atoms with Crippen LogP contribution < -0.4 is 5.32 Å². The molecule has 4 heteroatoms. The number of nitrogens with zero attached hydrogens (tertiary/aromatic N) is 1. The predicted molar refractivity (Wildman–Crippen MR) is 70.2 cm³/mol. The molecular formula is C15H11FN2O. The molecule has 0 heterocycles. The largest absolute Gasteiger partial charge is 0.322 e. The number of nitriles is 1. The summed E-state index contributed by atoms with van der Waals surface area (Å²) in [5.41, 5.74) is 2.07. The predicted octanol–water partition coefficient (Wildman–Crippen LogP) is 3.26. The first-order valence-electron chi connectivity index (χ1n) is 5.68. The summed E-state index contributed by atoms with van der Waals surface area (Å²) in [7, 11) is 0. The van der Waals surface area contributed by atoms with Gasteiger partial charge in [0.25, 0.3) is 5.91 Å². The molecule has 2 aromatic rings. The second kappa shape index (κ2) is 5.32. The Morgan fingerprint density at radius 2 is 1.89 bits per heavy atom. The first-order chi connectivity index (χ1) is 9.10. The number of halogens is 1. The summed E-state index contributed by atoms with van der Waals surface area (Å²) in [5, 5.41) is 11.3. The molecule has 1 amide bonds. The fraction of sp³-hybridized carbons (Fsp3) is 0.0667. The summed E-state index contributed by atoms with van der Waals surface area (Å²) in [6.07, 6.45) is 0. The van der Waals surface area contributed by atoms with Crippen LogP contribution in [0.25, 0.3) is 0 Å². The molecule has 2 aromatic carbocycles. The summed E-state index contributed by atoms with van der Waals surface area (Å²) in [5.74, 6) is -0.822. The van der Waals surface area contributed by atoms with Crippen LogP contribution in [0.3, 0.4) is 0 Å². The van der Waals surface area contributed by atoms with Gasteiger partial charge in [0, 0.05) is 11.3 Å². The summed E-state index contributed by atoms with van der Waals surface area (Å²) in [4.78, 5) is 12.0. The van der Waals surface area contributed by atoms with Gasteiger partial charge >= 0.3 is 0 Å². The van der Waals surface area contributed by atoms with Gasteiger partial charge in [-0.3, -0.25) is 4.79 Å². The lowest BCUT2D eigenvalue weighted by Gasteiger charge is -2.07. The molecule has 0 aliphatic carbocycles. The Hall–Kier alpha value is -2.67. The Labute approximate surface area is 110 Å². The van der Waals surface area contributed by atoms with Crippen molar-refractivity contribution in [2.24, 2.45) is 0 Å². The van der Waals surface area contributed by atoms with E-state index in [0.29, 0.717) is 22.4 Å². The van der Waals surface area contributed by atoms with Crippen molar-refractivity contribution in [2.75, 3.05) is 5.32 Å². The summed E-state index contributed by atoms with van der Waals surface area (Å²) in [6.45, 7) is 1.74. The standard InChI is InChI=1S/C15H11FN2O/c1-10-2-5-12(16)8-14(10)15(19)18-13-6-3-11(9-17)4-7-13/h2-8H,1H3,(H,18,19). The van der Waals surface area contributed by atoms with Gasteiger partial charge < -0.3 is 5.32 Å². The molecule has 19 heavy (non-hydrogen) atoms. The molecule has 0 fully saturated rings. The number of anilines is 1. The van der Waals surface area contributed by atoms with Gasteiger partial charge in [-0.25, -0.2) is 4.39 Å². The van der Waals surface area contributed by atoms with Crippen molar-refractivity contribution in [2.45, 2.75) is 6.92 Å². The first kappa shape index (κ1) is 12.8. The van der Waals surface area contributed by atoms with E-state index in [2.05, 4.69) is 5.32 Å². The number of benzene rings is 2. The summed E-state index contributed by atoms with van der Waals surface area (Å²) >= 11 is 0. The highest BCUT2D eigenvalue weighted by Gasteiger charge is 2.10. The normalized spacial score (nSPS) is 9.74. The Morgan fingerprint density at radius 1 is 1.21 bits per heavy atom. The molecule has 3 nitrogen and oxygen atoms in total. The zero-order valence-corrected chi connectivity index (χ0v) is 10.3. The molecule has 0 bridgehead atoms. The zero-order chi connectivity index (χ0) is 13.8. The number of aryl methyl sites for hydroxylation is 1. The van der Waals surface area contributed by atoms with E-state index >= 15 is 0 Å². The first-order valence-corrected chi connectivity index (χ1v) is 5.68. The Bertz CT molecular complexity index is 657. The number of carbonyl (C=O) groups is 1. The Morgan fingerprint density at radius 3 is 2.53 bits per heavy atom. The maximum absolute atomic E-state index is 13.1. The van der Waals surface area contributed by atoms with Crippen LogP contribution in [-0.4, -0.2) is 5.91 Å². The van der Waals surface area contributed by atoms with E-state index in [4.69, 9.17) is 5.26 Å². The van der Waals surface area contributed by atoms with Crippen LogP contribution in [0.4, 0.5) is 10.1 Å². The minimum atomic E-state index is -0.449. The van der Waals surface area contributed by atoms with Crippen LogP contribution >= 0.6 is 0 Å². The van der Waals surface area contributed by atoms with Gasteiger partial charge in [-0.05, 0) is 48.9 Å². The number of nitrogens with one attached hydrogen (secondary N) is 1. The van der Waals surface area contributed by atoms with E-state index in [-0.39, 0.29) is 5.91 Å². The minimum absolute atomic E-state index is 0.296. The van der Waals surface area contributed by atoms with Gasteiger partial charge in [-0.2, -0.15) is 5.26 Å². The molecule has 0 aromatic heterocycles. The second-order valence-corrected chi connectivity index (χ2v) is 4.10. The number of hydrogen-bond donors (Lipinski definition) is 1. The third-order valence-electron chi connectivity index (χ3n) is 2.72. The van der Waals surface area contributed by atoms with Gasteiger partial charge in [-0.15, -0.1) is 0 Å². The molecular weight excluding hydrogens is 243 g/mol. The highest BCUT2D eigenvalue weighted by atomic mass is 19.1.